The lowest BCUT2D eigenvalue weighted by atomic mass is 10.1. The fourth-order valence-electron chi connectivity index (χ4n) is 2.94. The van der Waals surface area contributed by atoms with Crippen LogP contribution >= 0.6 is 0 Å². The van der Waals surface area contributed by atoms with Crippen LogP contribution in [0.25, 0.3) is 0 Å². The maximum atomic E-state index is 5.20. The third-order valence-electron chi connectivity index (χ3n) is 4.35. The Hall–Kier alpha value is -3.08. The molecule has 140 valence electrons. The van der Waals surface area contributed by atoms with E-state index >= 15 is 0 Å². The Kier molecular flexibility index (Phi) is 6.26. The second kappa shape index (κ2) is 9.03. The summed E-state index contributed by atoms with van der Waals surface area (Å²) >= 11 is 0. The number of aromatic nitrogens is 2. The molecule has 5 nitrogen and oxygen atoms in total. The highest BCUT2D eigenvalue weighted by molar-refractivity contribution is 5.58. The number of rotatable bonds is 8. The van der Waals surface area contributed by atoms with Crippen molar-refractivity contribution in [2.45, 2.75) is 20.3 Å². The molecule has 1 heterocycles. The first kappa shape index (κ1) is 18.7. The van der Waals surface area contributed by atoms with Gasteiger partial charge in [0.15, 0.2) is 0 Å². The first-order valence-corrected chi connectivity index (χ1v) is 9.24. The zero-order valence-electron chi connectivity index (χ0n) is 16.1. The average molecular weight is 362 g/mol. The van der Waals surface area contributed by atoms with Gasteiger partial charge in [-0.2, -0.15) is 4.98 Å². The van der Waals surface area contributed by atoms with Crippen molar-refractivity contribution < 1.29 is 4.74 Å². The first-order valence-electron chi connectivity index (χ1n) is 9.24. The third kappa shape index (κ3) is 4.97. The number of hydrogen-bond acceptors (Lipinski definition) is 5. The van der Waals surface area contributed by atoms with E-state index in [0.29, 0.717) is 0 Å². The van der Waals surface area contributed by atoms with Gasteiger partial charge in [-0.15, -0.1) is 0 Å². The van der Waals surface area contributed by atoms with E-state index in [9.17, 15) is 0 Å². The Labute approximate surface area is 161 Å². The summed E-state index contributed by atoms with van der Waals surface area (Å²) < 4.78 is 5.20. The van der Waals surface area contributed by atoms with Crippen molar-refractivity contribution in [3.63, 3.8) is 0 Å². The van der Waals surface area contributed by atoms with E-state index in [2.05, 4.69) is 46.4 Å². The molecule has 5 heteroatoms. The fourth-order valence-corrected chi connectivity index (χ4v) is 2.94. The number of methoxy groups -OCH3 is 1. The zero-order chi connectivity index (χ0) is 19.1. The van der Waals surface area contributed by atoms with Gasteiger partial charge in [-0.3, -0.25) is 0 Å². The van der Waals surface area contributed by atoms with Crippen LogP contribution < -0.4 is 15.0 Å². The Morgan fingerprint density at radius 1 is 1.00 bits per heavy atom. The van der Waals surface area contributed by atoms with Crippen LogP contribution in [0.15, 0.2) is 60.7 Å². The van der Waals surface area contributed by atoms with E-state index in [1.807, 2.05) is 43.3 Å². The van der Waals surface area contributed by atoms with Gasteiger partial charge in [-0.1, -0.05) is 30.3 Å². The number of benzene rings is 2. The number of nitrogens with one attached hydrogen (secondary N) is 1. The molecule has 0 aliphatic heterocycles. The quantitative estimate of drug-likeness (QED) is 0.634. The topological polar surface area (TPSA) is 50.3 Å². The molecule has 0 spiro atoms. The van der Waals surface area contributed by atoms with E-state index in [0.717, 1.165) is 48.4 Å². The minimum Gasteiger partial charge on any atom is -0.497 e. The summed E-state index contributed by atoms with van der Waals surface area (Å²) in [6.07, 6.45) is 0.915. The van der Waals surface area contributed by atoms with Crippen LogP contribution in [0.5, 0.6) is 5.75 Å². The smallest absolute Gasteiger partial charge is 0.232 e. The summed E-state index contributed by atoms with van der Waals surface area (Å²) in [5.41, 5.74) is 3.30. The van der Waals surface area contributed by atoms with Crippen LogP contribution in [0, 0.1) is 6.92 Å². The predicted molar refractivity (Wildman–Crippen MR) is 111 cm³/mol. The van der Waals surface area contributed by atoms with Crippen molar-refractivity contribution in [2.75, 3.05) is 30.4 Å². The van der Waals surface area contributed by atoms with Gasteiger partial charge in [0, 0.05) is 30.5 Å². The average Bonchev–Trinajstić information content (AvgIpc) is 2.70. The van der Waals surface area contributed by atoms with Crippen LogP contribution in [0.1, 0.15) is 18.2 Å². The summed E-state index contributed by atoms with van der Waals surface area (Å²) in [7, 11) is 1.68. The lowest BCUT2D eigenvalue weighted by Crippen LogP contribution is -2.20. The van der Waals surface area contributed by atoms with Gasteiger partial charge in [-0.05, 0) is 50.1 Å². The van der Waals surface area contributed by atoms with Gasteiger partial charge in [0.25, 0.3) is 0 Å². The molecule has 0 atom stereocenters. The minimum atomic E-state index is 0.718. The van der Waals surface area contributed by atoms with Gasteiger partial charge < -0.3 is 15.0 Å². The molecule has 1 N–H and O–H groups in total. The molecule has 0 aliphatic rings. The summed E-state index contributed by atoms with van der Waals surface area (Å²) in [5, 5.41) is 3.42. The minimum absolute atomic E-state index is 0.718. The summed E-state index contributed by atoms with van der Waals surface area (Å²) in [6, 6.07) is 20.4. The van der Waals surface area contributed by atoms with Crippen molar-refractivity contribution in [1.29, 1.82) is 0 Å². The molecular formula is C22H26N4O. The molecule has 0 saturated carbocycles. The van der Waals surface area contributed by atoms with Crippen molar-refractivity contribution in [3.05, 3.63) is 71.9 Å². The van der Waals surface area contributed by atoms with Crippen LogP contribution in [-0.2, 0) is 6.42 Å². The van der Waals surface area contributed by atoms with E-state index in [4.69, 9.17) is 9.72 Å². The van der Waals surface area contributed by atoms with Crippen LogP contribution in [0.4, 0.5) is 17.5 Å². The van der Waals surface area contributed by atoms with Crippen molar-refractivity contribution >= 4 is 17.5 Å². The van der Waals surface area contributed by atoms with E-state index in [1.165, 1.54) is 5.56 Å². The summed E-state index contributed by atoms with van der Waals surface area (Å²) in [6.45, 7) is 5.71. The van der Waals surface area contributed by atoms with Crippen molar-refractivity contribution in [2.24, 2.45) is 0 Å². The van der Waals surface area contributed by atoms with Crippen molar-refractivity contribution in [1.82, 2.24) is 9.97 Å². The van der Waals surface area contributed by atoms with Gasteiger partial charge in [0.1, 0.15) is 11.6 Å². The lowest BCUT2D eigenvalue weighted by Gasteiger charge is -2.22. The second-order valence-corrected chi connectivity index (χ2v) is 6.30. The standard InChI is InChI=1S/C22H26N4O/c1-4-26(19-8-6-5-7-9-19)22-24-17(2)16-21(25-22)23-15-14-18-10-12-20(27-3)13-11-18/h5-13,16H,4,14-15H2,1-3H3,(H,23,24,25). The number of anilines is 3. The fraction of sp³-hybridized carbons (Fsp3) is 0.273. The van der Waals surface area contributed by atoms with Gasteiger partial charge >= 0.3 is 0 Å². The molecule has 0 radical (unpaired) electrons. The van der Waals surface area contributed by atoms with Gasteiger partial charge in [-0.25, -0.2) is 4.98 Å². The highest BCUT2D eigenvalue weighted by Gasteiger charge is 2.11. The Balaban J connectivity index is 1.69. The molecule has 3 rings (SSSR count). The Morgan fingerprint density at radius 2 is 1.74 bits per heavy atom. The number of para-hydroxylation sites is 1. The molecule has 0 unspecified atom stereocenters. The monoisotopic (exact) mass is 362 g/mol. The number of hydrogen-bond donors (Lipinski definition) is 1. The maximum absolute atomic E-state index is 5.20. The molecule has 0 aliphatic carbocycles. The first-order chi connectivity index (χ1) is 13.2. The molecule has 1 aromatic heterocycles. The largest absolute Gasteiger partial charge is 0.497 e. The normalized spacial score (nSPS) is 10.5. The molecule has 0 saturated heterocycles. The van der Waals surface area contributed by atoms with E-state index in [-0.39, 0.29) is 0 Å². The lowest BCUT2D eigenvalue weighted by molar-refractivity contribution is 0.414. The number of aryl methyl sites for hydroxylation is 1. The third-order valence-corrected chi connectivity index (χ3v) is 4.35. The Morgan fingerprint density at radius 3 is 2.41 bits per heavy atom. The summed E-state index contributed by atoms with van der Waals surface area (Å²) in [4.78, 5) is 11.5. The SMILES string of the molecule is CCN(c1ccccc1)c1nc(C)cc(NCCc2ccc(OC)cc2)n1. The van der Waals surface area contributed by atoms with Crippen LogP contribution in [-0.4, -0.2) is 30.2 Å². The highest BCUT2D eigenvalue weighted by atomic mass is 16.5. The zero-order valence-corrected chi connectivity index (χ0v) is 16.1. The van der Waals surface area contributed by atoms with Gasteiger partial charge in [0.2, 0.25) is 5.95 Å². The van der Waals surface area contributed by atoms with Gasteiger partial charge in [0.05, 0.1) is 7.11 Å². The molecule has 0 amide bonds. The van der Waals surface area contributed by atoms with E-state index in [1.54, 1.807) is 7.11 Å². The van der Waals surface area contributed by atoms with Crippen LogP contribution in [0.2, 0.25) is 0 Å². The highest BCUT2D eigenvalue weighted by Crippen LogP contribution is 2.23. The molecular weight excluding hydrogens is 336 g/mol. The van der Waals surface area contributed by atoms with Crippen LogP contribution in [0.3, 0.4) is 0 Å². The maximum Gasteiger partial charge on any atom is 0.232 e. The predicted octanol–water partition coefficient (Wildman–Crippen LogP) is 4.61. The Bertz CT molecular complexity index is 850. The number of nitrogens with zero attached hydrogens (tertiary/aromatic N) is 3. The van der Waals surface area contributed by atoms with E-state index < -0.39 is 0 Å². The molecule has 27 heavy (non-hydrogen) atoms. The molecule has 3 aromatic rings. The molecule has 2 aromatic carbocycles. The number of ether oxygens (including phenoxy) is 1. The molecule has 0 fully saturated rings. The van der Waals surface area contributed by atoms with Crippen molar-refractivity contribution in [3.8, 4) is 5.75 Å². The second-order valence-electron chi connectivity index (χ2n) is 6.30. The molecule has 0 bridgehead atoms. The summed E-state index contributed by atoms with van der Waals surface area (Å²) in [5.74, 6) is 2.44.